The Morgan fingerprint density at radius 2 is 1.87 bits per heavy atom. The van der Waals surface area contributed by atoms with Crippen molar-refractivity contribution >= 4 is 17.2 Å². The number of rotatable bonds is 1. The van der Waals surface area contributed by atoms with E-state index in [0.717, 1.165) is 16.8 Å². The van der Waals surface area contributed by atoms with Gasteiger partial charge in [0.2, 0.25) is 0 Å². The third kappa shape index (κ3) is 1.61. The monoisotopic (exact) mass is 219 g/mol. The number of nitrogens with zero attached hydrogens (tertiary/aromatic N) is 2. The Balaban J connectivity index is 2.65. The molecule has 0 unspecified atom stereocenters. The number of nitrogen functional groups attached to an aromatic ring is 1. The first kappa shape index (κ1) is 10.1. The highest BCUT2D eigenvalue weighted by molar-refractivity contribution is 7.13. The summed E-state index contributed by atoms with van der Waals surface area (Å²) in [6.07, 6.45) is 0. The Morgan fingerprint density at radius 3 is 2.47 bits per heavy atom. The second-order valence-electron chi connectivity index (χ2n) is 3.62. The molecule has 0 aromatic carbocycles. The van der Waals surface area contributed by atoms with E-state index in [1.54, 1.807) is 11.3 Å². The van der Waals surface area contributed by atoms with Crippen LogP contribution >= 0.6 is 11.3 Å². The van der Waals surface area contributed by atoms with Gasteiger partial charge in [0.05, 0.1) is 4.88 Å². The van der Waals surface area contributed by atoms with Gasteiger partial charge in [0.15, 0.2) is 0 Å². The van der Waals surface area contributed by atoms with E-state index in [1.165, 1.54) is 10.4 Å². The third-order valence-electron chi connectivity index (χ3n) is 2.64. The highest BCUT2D eigenvalue weighted by Crippen LogP contribution is 2.31. The van der Waals surface area contributed by atoms with Crippen LogP contribution in [0.1, 0.15) is 16.7 Å². The summed E-state index contributed by atoms with van der Waals surface area (Å²) >= 11 is 1.69. The molecule has 0 aliphatic carbocycles. The SMILES string of the molecule is Cc1ccsc1-c1nnc(N)c(C)c1C. The quantitative estimate of drug-likeness (QED) is 0.802. The van der Waals surface area contributed by atoms with Gasteiger partial charge < -0.3 is 5.73 Å². The molecule has 2 aromatic heterocycles. The van der Waals surface area contributed by atoms with Crippen molar-refractivity contribution in [3.8, 4) is 10.6 Å². The standard InChI is InChI=1S/C11H13N3S/c1-6-4-5-15-10(6)9-7(2)8(3)11(12)14-13-9/h4-5H,1-3H3,(H2,12,14). The third-order valence-corrected chi connectivity index (χ3v) is 3.66. The molecular formula is C11H13N3S. The maximum Gasteiger partial charge on any atom is 0.149 e. The summed E-state index contributed by atoms with van der Waals surface area (Å²) in [5, 5.41) is 10.2. The van der Waals surface area contributed by atoms with Crippen molar-refractivity contribution in [2.24, 2.45) is 0 Å². The van der Waals surface area contributed by atoms with Gasteiger partial charge in [0.1, 0.15) is 11.5 Å². The van der Waals surface area contributed by atoms with Crippen LogP contribution < -0.4 is 5.73 Å². The van der Waals surface area contributed by atoms with Gasteiger partial charge in [-0.2, -0.15) is 0 Å². The van der Waals surface area contributed by atoms with Crippen molar-refractivity contribution in [1.29, 1.82) is 0 Å². The number of hydrogen-bond acceptors (Lipinski definition) is 4. The molecule has 15 heavy (non-hydrogen) atoms. The van der Waals surface area contributed by atoms with Crippen LogP contribution in [0.4, 0.5) is 5.82 Å². The molecule has 0 atom stereocenters. The van der Waals surface area contributed by atoms with Crippen LogP contribution in [-0.2, 0) is 0 Å². The molecule has 0 saturated heterocycles. The van der Waals surface area contributed by atoms with Gasteiger partial charge in [-0.15, -0.1) is 21.5 Å². The van der Waals surface area contributed by atoms with Gasteiger partial charge in [-0.3, -0.25) is 0 Å². The average molecular weight is 219 g/mol. The molecule has 0 saturated carbocycles. The van der Waals surface area contributed by atoms with Gasteiger partial charge in [-0.05, 0) is 48.9 Å². The Hall–Kier alpha value is -1.42. The first-order chi connectivity index (χ1) is 7.11. The van der Waals surface area contributed by atoms with Gasteiger partial charge in [0.25, 0.3) is 0 Å². The van der Waals surface area contributed by atoms with Crippen LogP contribution in [0.25, 0.3) is 10.6 Å². The number of aryl methyl sites for hydroxylation is 1. The van der Waals surface area contributed by atoms with Crippen LogP contribution in [0.15, 0.2) is 11.4 Å². The Bertz CT molecular complexity index is 503. The zero-order valence-corrected chi connectivity index (χ0v) is 9.85. The van der Waals surface area contributed by atoms with Crippen molar-refractivity contribution in [3.63, 3.8) is 0 Å². The Morgan fingerprint density at radius 1 is 1.13 bits per heavy atom. The minimum atomic E-state index is 0.519. The average Bonchev–Trinajstić information content (AvgIpc) is 2.62. The van der Waals surface area contributed by atoms with Crippen LogP contribution in [-0.4, -0.2) is 10.2 Å². The Kier molecular flexibility index (Phi) is 2.44. The summed E-state index contributed by atoms with van der Waals surface area (Å²) in [5.74, 6) is 0.519. The normalized spacial score (nSPS) is 10.6. The summed E-state index contributed by atoms with van der Waals surface area (Å²) in [7, 11) is 0. The molecule has 4 heteroatoms. The summed E-state index contributed by atoms with van der Waals surface area (Å²) in [6.45, 7) is 6.10. The number of hydrogen-bond donors (Lipinski definition) is 1. The predicted octanol–water partition coefficient (Wildman–Crippen LogP) is 2.71. The molecule has 0 aliphatic rings. The Labute approximate surface area is 93.0 Å². The molecule has 0 radical (unpaired) electrons. The van der Waals surface area contributed by atoms with Gasteiger partial charge in [-0.1, -0.05) is 0 Å². The lowest BCUT2D eigenvalue weighted by molar-refractivity contribution is 1.02. The van der Waals surface area contributed by atoms with Gasteiger partial charge >= 0.3 is 0 Å². The second kappa shape index (κ2) is 3.62. The molecule has 0 amide bonds. The molecule has 0 aliphatic heterocycles. The highest BCUT2D eigenvalue weighted by Gasteiger charge is 2.12. The summed E-state index contributed by atoms with van der Waals surface area (Å²) in [5.41, 5.74) is 10.0. The van der Waals surface area contributed by atoms with Crippen LogP contribution in [0.3, 0.4) is 0 Å². The van der Waals surface area contributed by atoms with Gasteiger partial charge in [-0.25, -0.2) is 0 Å². The van der Waals surface area contributed by atoms with Crippen molar-refractivity contribution < 1.29 is 0 Å². The van der Waals surface area contributed by atoms with E-state index in [9.17, 15) is 0 Å². The fraction of sp³-hybridized carbons (Fsp3) is 0.273. The first-order valence-corrected chi connectivity index (χ1v) is 5.63. The van der Waals surface area contributed by atoms with E-state index in [-0.39, 0.29) is 0 Å². The smallest absolute Gasteiger partial charge is 0.149 e. The minimum Gasteiger partial charge on any atom is -0.382 e. The van der Waals surface area contributed by atoms with E-state index >= 15 is 0 Å². The highest BCUT2D eigenvalue weighted by atomic mass is 32.1. The molecule has 0 fully saturated rings. The van der Waals surface area contributed by atoms with Crippen LogP contribution in [0.2, 0.25) is 0 Å². The topological polar surface area (TPSA) is 51.8 Å². The number of thiophene rings is 1. The van der Waals surface area contributed by atoms with E-state index in [4.69, 9.17) is 5.73 Å². The van der Waals surface area contributed by atoms with Crippen molar-refractivity contribution in [1.82, 2.24) is 10.2 Å². The molecule has 3 nitrogen and oxygen atoms in total. The number of anilines is 1. The number of aromatic nitrogens is 2. The zero-order chi connectivity index (χ0) is 11.0. The summed E-state index contributed by atoms with van der Waals surface area (Å²) < 4.78 is 0. The summed E-state index contributed by atoms with van der Waals surface area (Å²) in [6, 6.07) is 2.09. The molecule has 2 rings (SSSR count). The molecular weight excluding hydrogens is 206 g/mol. The lowest BCUT2D eigenvalue weighted by atomic mass is 10.1. The fourth-order valence-corrected chi connectivity index (χ4v) is 2.42. The van der Waals surface area contributed by atoms with Crippen LogP contribution in [0, 0.1) is 20.8 Å². The summed E-state index contributed by atoms with van der Waals surface area (Å²) in [4.78, 5) is 1.18. The molecule has 2 heterocycles. The van der Waals surface area contributed by atoms with Crippen molar-refractivity contribution in [2.45, 2.75) is 20.8 Å². The van der Waals surface area contributed by atoms with Gasteiger partial charge in [0, 0.05) is 0 Å². The van der Waals surface area contributed by atoms with E-state index in [1.807, 2.05) is 13.8 Å². The fourth-order valence-electron chi connectivity index (χ4n) is 1.45. The van der Waals surface area contributed by atoms with Crippen molar-refractivity contribution in [3.05, 3.63) is 28.1 Å². The molecule has 2 aromatic rings. The van der Waals surface area contributed by atoms with Crippen LogP contribution in [0.5, 0.6) is 0 Å². The first-order valence-electron chi connectivity index (χ1n) is 4.75. The van der Waals surface area contributed by atoms with Crippen molar-refractivity contribution in [2.75, 3.05) is 5.73 Å². The lowest BCUT2D eigenvalue weighted by Gasteiger charge is -2.07. The maximum absolute atomic E-state index is 5.71. The molecule has 78 valence electrons. The second-order valence-corrected chi connectivity index (χ2v) is 4.53. The molecule has 0 spiro atoms. The van der Waals surface area contributed by atoms with E-state index in [2.05, 4.69) is 28.6 Å². The maximum atomic E-state index is 5.71. The predicted molar refractivity (Wildman–Crippen MR) is 64.0 cm³/mol. The number of nitrogens with two attached hydrogens (primary N) is 1. The largest absolute Gasteiger partial charge is 0.382 e. The van der Waals surface area contributed by atoms with E-state index in [0.29, 0.717) is 5.82 Å². The molecule has 0 bridgehead atoms. The minimum absolute atomic E-state index is 0.519. The molecule has 2 N–H and O–H groups in total. The zero-order valence-electron chi connectivity index (χ0n) is 9.03. The van der Waals surface area contributed by atoms with E-state index < -0.39 is 0 Å². The lowest BCUT2D eigenvalue weighted by Crippen LogP contribution is -2.01.